The van der Waals surface area contributed by atoms with Gasteiger partial charge in [0.2, 0.25) is 10.0 Å². The highest BCUT2D eigenvalue weighted by Crippen LogP contribution is 2.22. The van der Waals surface area contributed by atoms with Crippen LogP contribution < -0.4 is 10.1 Å². The Morgan fingerprint density at radius 2 is 1.71 bits per heavy atom. The van der Waals surface area contributed by atoms with E-state index in [9.17, 15) is 13.2 Å². The number of amides is 1. The van der Waals surface area contributed by atoms with Gasteiger partial charge >= 0.3 is 0 Å². The Hall–Kier alpha value is -2.89. The molecule has 1 fully saturated rings. The van der Waals surface area contributed by atoms with Crippen molar-refractivity contribution in [2.75, 3.05) is 18.4 Å². The molecule has 0 aromatic heterocycles. The molecule has 0 radical (unpaired) electrons. The molecule has 0 aliphatic carbocycles. The number of hydrogen-bond donors (Lipinski definition) is 1. The first-order valence-electron chi connectivity index (χ1n) is 8.98. The summed E-state index contributed by atoms with van der Waals surface area (Å²) in [7, 11) is -3.47. The minimum atomic E-state index is -3.47. The molecule has 1 atom stereocenters. The molecule has 1 aliphatic heterocycles. The van der Waals surface area contributed by atoms with Crippen LogP contribution in [0.15, 0.2) is 53.4 Å². The first kappa shape index (κ1) is 19.9. The Balaban J connectivity index is 1.61. The second-order valence-electron chi connectivity index (χ2n) is 6.52. The van der Waals surface area contributed by atoms with Crippen molar-refractivity contribution in [3.8, 4) is 11.8 Å². The van der Waals surface area contributed by atoms with Crippen molar-refractivity contribution in [2.45, 2.75) is 30.8 Å². The van der Waals surface area contributed by atoms with E-state index in [1.165, 1.54) is 16.4 Å². The smallest absolute Gasteiger partial charge is 0.265 e. The summed E-state index contributed by atoms with van der Waals surface area (Å²) in [5.41, 5.74) is 0.995. The number of carbonyl (C=O) groups is 1. The van der Waals surface area contributed by atoms with Gasteiger partial charge < -0.3 is 10.1 Å². The number of sulfonamides is 1. The average Bonchev–Trinajstić information content (AvgIpc) is 3.25. The van der Waals surface area contributed by atoms with Crippen molar-refractivity contribution in [2.24, 2.45) is 0 Å². The highest BCUT2D eigenvalue weighted by molar-refractivity contribution is 7.89. The van der Waals surface area contributed by atoms with Crippen molar-refractivity contribution >= 4 is 21.6 Å². The van der Waals surface area contributed by atoms with Gasteiger partial charge in [0.25, 0.3) is 5.91 Å². The van der Waals surface area contributed by atoms with Gasteiger partial charge in [0, 0.05) is 18.8 Å². The summed E-state index contributed by atoms with van der Waals surface area (Å²) in [6.07, 6.45) is 0.996. The zero-order valence-corrected chi connectivity index (χ0v) is 16.3. The molecule has 3 rings (SSSR count). The fraction of sp³-hybridized carbons (Fsp3) is 0.300. The van der Waals surface area contributed by atoms with Gasteiger partial charge in [0.1, 0.15) is 5.75 Å². The van der Waals surface area contributed by atoms with Crippen LogP contribution in [0.25, 0.3) is 0 Å². The molecule has 0 saturated carbocycles. The molecule has 1 saturated heterocycles. The molecule has 1 aliphatic rings. The fourth-order valence-electron chi connectivity index (χ4n) is 2.90. The van der Waals surface area contributed by atoms with E-state index < -0.39 is 16.1 Å². The highest BCUT2D eigenvalue weighted by Gasteiger charge is 2.27. The summed E-state index contributed by atoms with van der Waals surface area (Å²) >= 11 is 0. The average molecular weight is 399 g/mol. The fourth-order valence-corrected chi connectivity index (χ4v) is 4.41. The van der Waals surface area contributed by atoms with Crippen molar-refractivity contribution in [1.29, 1.82) is 5.26 Å². The Bertz CT molecular complexity index is 974. The van der Waals surface area contributed by atoms with Crippen molar-refractivity contribution in [3.63, 3.8) is 0 Å². The third-order valence-corrected chi connectivity index (χ3v) is 6.40. The van der Waals surface area contributed by atoms with Crippen LogP contribution in [-0.4, -0.2) is 37.8 Å². The first-order chi connectivity index (χ1) is 13.4. The maximum Gasteiger partial charge on any atom is 0.265 e. The SMILES string of the molecule is C[C@H](Oc1ccc(C#N)cc1)C(=O)Nc1ccc(S(=O)(=O)N2CCCC2)cc1. The third-order valence-electron chi connectivity index (χ3n) is 4.49. The minimum Gasteiger partial charge on any atom is -0.481 e. The van der Waals surface area contributed by atoms with Crippen LogP contribution in [0.2, 0.25) is 0 Å². The molecule has 0 unspecified atom stereocenters. The van der Waals surface area contributed by atoms with E-state index in [1.54, 1.807) is 43.3 Å². The Labute approximate surface area is 164 Å². The molecule has 28 heavy (non-hydrogen) atoms. The molecule has 0 spiro atoms. The van der Waals surface area contributed by atoms with E-state index in [-0.39, 0.29) is 10.8 Å². The Kier molecular flexibility index (Phi) is 5.97. The van der Waals surface area contributed by atoms with E-state index in [2.05, 4.69) is 5.32 Å². The molecule has 1 heterocycles. The normalized spacial score (nSPS) is 15.6. The minimum absolute atomic E-state index is 0.217. The number of carbonyl (C=O) groups excluding carboxylic acids is 1. The van der Waals surface area contributed by atoms with Gasteiger partial charge in [-0.2, -0.15) is 9.57 Å². The maximum atomic E-state index is 12.5. The third kappa shape index (κ3) is 4.50. The standard InChI is InChI=1S/C20H21N3O4S/c1-15(27-18-8-4-16(14-21)5-9-18)20(24)22-17-6-10-19(11-7-17)28(25,26)23-12-2-3-13-23/h4-11,15H,2-3,12-13H2,1H3,(H,22,24)/t15-/m0/s1. The van der Waals surface area contributed by atoms with Crippen LogP contribution in [0.5, 0.6) is 5.75 Å². The van der Waals surface area contributed by atoms with Gasteiger partial charge in [-0.3, -0.25) is 4.79 Å². The van der Waals surface area contributed by atoms with Gasteiger partial charge in [-0.25, -0.2) is 8.42 Å². The van der Waals surface area contributed by atoms with Crippen molar-refractivity contribution < 1.29 is 17.9 Å². The van der Waals surface area contributed by atoms with Gasteiger partial charge in [0.05, 0.1) is 16.5 Å². The van der Waals surface area contributed by atoms with Crippen LogP contribution in [0.4, 0.5) is 5.69 Å². The molecular formula is C20H21N3O4S. The topological polar surface area (TPSA) is 99.5 Å². The number of nitriles is 1. The monoisotopic (exact) mass is 399 g/mol. The lowest BCUT2D eigenvalue weighted by Crippen LogP contribution is -2.30. The van der Waals surface area contributed by atoms with Crippen LogP contribution in [-0.2, 0) is 14.8 Å². The summed E-state index contributed by atoms with van der Waals surface area (Å²) in [5.74, 6) is 0.119. The van der Waals surface area contributed by atoms with Crippen molar-refractivity contribution in [3.05, 3.63) is 54.1 Å². The quantitative estimate of drug-likeness (QED) is 0.805. The number of nitrogens with zero attached hydrogens (tertiary/aromatic N) is 2. The summed E-state index contributed by atoms with van der Waals surface area (Å²) in [5, 5.41) is 11.5. The zero-order chi connectivity index (χ0) is 20.1. The van der Waals surface area contributed by atoms with Crippen LogP contribution in [0.3, 0.4) is 0 Å². The second kappa shape index (κ2) is 8.42. The first-order valence-corrected chi connectivity index (χ1v) is 10.4. The van der Waals surface area contributed by atoms with Crippen LogP contribution in [0.1, 0.15) is 25.3 Å². The molecule has 2 aromatic carbocycles. The van der Waals surface area contributed by atoms with E-state index in [0.29, 0.717) is 30.1 Å². The number of rotatable bonds is 6. The van der Waals surface area contributed by atoms with Crippen molar-refractivity contribution in [1.82, 2.24) is 4.31 Å². The molecule has 2 aromatic rings. The Morgan fingerprint density at radius 1 is 1.11 bits per heavy atom. The largest absolute Gasteiger partial charge is 0.481 e. The molecule has 0 bridgehead atoms. The number of anilines is 1. The summed E-state index contributed by atoms with van der Waals surface area (Å²) in [4.78, 5) is 12.5. The summed E-state index contributed by atoms with van der Waals surface area (Å²) < 4.78 is 32.1. The van der Waals surface area contributed by atoms with Gasteiger partial charge in [-0.1, -0.05) is 0 Å². The molecule has 7 nitrogen and oxygen atoms in total. The Morgan fingerprint density at radius 3 is 2.29 bits per heavy atom. The number of benzene rings is 2. The number of nitrogens with one attached hydrogen (secondary N) is 1. The van der Waals surface area contributed by atoms with Gasteiger partial charge in [0.15, 0.2) is 6.10 Å². The molecule has 8 heteroatoms. The predicted octanol–water partition coefficient (Wildman–Crippen LogP) is 2.75. The van der Waals surface area contributed by atoms with Gasteiger partial charge in [-0.05, 0) is 68.3 Å². The van der Waals surface area contributed by atoms with Crippen LogP contribution in [0, 0.1) is 11.3 Å². The molecule has 1 N–H and O–H groups in total. The maximum absolute atomic E-state index is 12.5. The molecule has 1 amide bonds. The predicted molar refractivity (Wildman–Crippen MR) is 104 cm³/mol. The van der Waals surface area contributed by atoms with E-state index in [1.807, 2.05) is 6.07 Å². The van der Waals surface area contributed by atoms with Crippen LogP contribution >= 0.6 is 0 Å². The lowest BCUT2D eigenvalue weighted by atomic mass is 10.2. The lowest BCUT2D eigenvalue weighted by molar-refractivity contribution is -0.122. The lowest BCUT2D eigenvalue weighted by Gasteiger charge is -2.17. The van der Waals surface area contributed by atoms with E-state index in [0.717, 1.165) is 12.8 Å². The van der Waals surface area contributed by atoms with E-state index in [4.69, 9.17) is 10.00 Å². The second-order valence-corrected chi connectivity index (χ2v) is 8.46. The van der Waals surface area contributed by atoms with Gasteiger partial charge in [-0.15, -0.1) is 0 Å². The number of ether oxygens (including phenoxy) is 1. The molecule has 146 valence electrons. The molecular weight excluding hydrogens is 378 g/mol. The summed E-state index contributed by atoms with van der Waals surface area (Å²) in [6, 6.07) is 14.6. The summed E-state index contributed by atoms with van der Waals surface area (Å²) in [6.45, 7) is 2.70. The number of hydrogen-bond acceptors (Lipinski definition) is 5. The highest BCUT2D eigenvalue weighted by atomic mass is 32.2. The van der Waals surface area contributed by atoms with E-state index >= 15 is 0 Å². The zero-order valence-electron chi connectivity index (χ0n) is 15.5.